The molecule has 0 radical (unpaired) electrons. The van der Waals surface area contributed by atoms with Crippen LogP contribution in [-0.2, 0) is 24.2 Å². The van der Waals surface area contributed by atoms with Gasteiger partial charge in [0, 0.05) is 25.3 Å². The van der Waals surface area contributed by atoms with E-state index in [0.29, 0.717) is 0 Å². The number of benzene rings is 2. The average molecular weight is 503 g/mol. The zero-order valence-corrected chi connectivity index (χ0v) is 20.6. The van der Waals surface area contributed by atoms with Gasteiger partial charge in [0.2, 0.25) is 5.91 Å². The average Bonchev–Trinajstić information content (AvgIpc) is 3.13. The Labute approximate surface area is 205 Å². The third-order valence-electron chi connectivity index (χ3n) is 6.00. The van der Waals surface area contributed by atoms with Gasteiger partial charge in [-0.2, -0.15) is 0 Å². The molecule has 1 aliphatic carbocycles. The first kappa shape index (κ1) is 26.2. The molecule has 0 heterocycles. The summed E-state index contributed by atoms with van der Waals surface area (Å²) in [7, 11) is -3.40. The number of hydrogen-bond donors (Lipinski definition) is 2. The molecule has 1 aliphatic rings. The first-order chi connectivity index (χ1) is 16.6. The summed E-state index contributed by atoms with van der Waals surface area (Å²) in [4.78, 5) is 37.9. The van der Waals surface area contributed by atoms with Crippen LogP contribution in [0.2, 0.25) is 0 Å². The number of amides is 2. The van der Waals surface area contributed by atoms with Crippen molar-refractivity contribution in [3.05, 3.63) is 59.7 Å². The van der Waals surface area contributed by atoms with E-state index in [2.05, 4.69) is 5.32 Å². The molecule has 1 unspecified atom stereocenters. The van der Waals surface area contributed by atoms with Crippen molar-refractivity contribution >= 4 is 27.8 Å². The first-order valence-corrected chi connectivity index (χ1v) is 13.5. The highest BCUT2D eigenvalue weighted by atomic mass is 32.2. The molecule has 35 heavy (non-hydrogen) atoms. The Morgan fingerprint density at radius 3 is 2.14 bits per heavy atom. The number of carboxylic acids is 1. The summed E-state index contributed by atoms with van der Waals surface area (Å²) in [6, 6.07) is 14.6. The van der Waals surface area contributed by atoms with Gasteiger partial charge in [0.15, 0.2) is 0 Å². The number of sulfone groups is 1. The van der Waals surface area contributed by atoms with E-state index in [1.54, 1.807) is 6.92 Å². The van der Waals surface area contributed by atoms with Crippen molar-refractivity contribution in [2.45, 2.75) is 31.7 Å². The molecule has 0 saturated carbocycles. The number of ether oxygens (including phenoxy) is 1. The van der Waals surface area contributed by atoms with E-state index in [0.717, 1.165) is 28.5 Å². The zero-order chi connectivity index (χ0) is 25.6. The standard InChI is InChI=1S/C25H30N2O7S/c1-3-27(14-12-23(28)29)24(30)22(13-15-35(2,32)33)26-25(31)34-16-21-19-10-6-4-8-17(19)18-9-5-7-11-20(18)21/h4-11,21-22H,3,12-16H2,1-2H3,(H,26,31)(H,28,29). The van der Waals surface area contributed by atoms with Crippen LogP contribution in [-0.4, -0.2) is 74.1 Å². The second-order valence-corrected chi connectivity index (χ2v) is 10.8. The lowest BCUT2D eigenvalue weighted by Crippen LogP contribution is -2.50. The number of alkyl carbamates (subject to hydrolysis) is 1. The molecular formula is C25H30N2O7S. The van der Waals surface area contributed by atoms with Crippen LogP contribution in [0.1, 0.15) is 36.8 Å². The van der Waals surface area contributed by atoms with Gasteiger partial charge in [-0.25, -0.2) is 13.2 Å². The van der Waals surface area contributed by atoms with Crippen molar-refractivity contribution in [3.63, 3.8) is 0 Å². The van der Waals surface area contributed by atoms with Crippen LogP contribution in [0.25, 0.3) is 11.1 Å². The molecule has 188 valence electrons. The lowest BCUT2D eigenvalue weighted by molar-refractivity contribution is -0.139. The molecule has 0 aromatic heterocycles. The minimum absolute atomic E-state index is 0.0450. The van der Waals surface area contributed by atoms with Crippen molar-refractivity contribution in [1.29, 1.82) is 0 Å². The summed E-state index contributed by atoms with van der Waals surface area (Å²) in [5.74, 6) is -2.09. The number of rotatable bonds is 11. The van der Waals surface area contributed by atoms with Gasteiger partial charge < -0.3 is 20.1 Å². The van der Waals surface area contributed by atoms with E-state index in [4.69, 9.17) is 9.84 Å². The van der Waals surface area contributed by atoms with Gasteiger partial charge in [-0.05, 0) is 35.6 Å². The van der Waals surface area contributed by atoms with Crippen molar-refractivity contribution in [1.82, 2.24) is 10.2 Å². The number of carbonyl (C=O) groups excluding carboxylic acids is 2. The van der Waals surface area contributed by atoms with Crippen LogP contribution in [0.15, 0.2) is 48.5 Å². The highest BCUT2D eigenvalue weighted by Crippen LogP contribution is 2.44. The number of aliphatic carboxylic acids is 1. The molecule has 0 saturated heterocycles. The third-order valence-corrected chi connectivity index (χ3v) is 6.98. The minimum Gasteiger partial charge on any atom is -0.481 e. The smallest absolute Gasteiger partial charge is 0.407 e. The number of likely N-dealkylation sites (N-methyl/N-ethyl adjacent to an activating group) is 1. The second-order valence-electron chi connectivity index (χ2n) is 8.50. The van der Waals surface area contributed by atoms with Gasteiger partial charge in [0.25, 0.3) is 0 Å². The largest absolute Gasteiger partial charge is 0.481 e. The summed E-state index contributed by atoms with van der Waals surface area (Å²) in [5.41, 5.74) is 4.24. The van der Waals surface area contributed by atoms with Gasteiger partial charge in [-0.1, -0.05) is 48.5 Å². The SMILES string of the molecule is CCN(CCC(=O)O)C(=O)C(CCS(C)(=O)=O)NC(=O)OCC1c2ccccc2-c2ccccc21. The van der Waals surface area contributed by atoms with E-state index in [1.165, 1.54) is 4.90 Å². The molecule has 0 fully saturated rings. The van der Waals surface area contributed by atoms with Gasteiger partial charge in [-0.15, -0.1) is 0 Å². The van der Waals surface area contributed by atoms with Gasteiger partial charge in [-0.3, -0.25) is 9.59 Å². The van der Waals surface area contributed by atoms with E-state index in [-0.39, 0.29) is 44.2 Å². The maximum atomic E-state index is 13.0. The normalized spacial score (nSPS) is 13.4. The third kappa shape index (κ3) is 6.82. The molecule has 2 amide bonds. The molecule has 0 spiro atoms. The predicted octanol–water partition coefficient (Wildman–Crippen LogP) is 2.65. The summed E-state index contributed by atoms with van der Waals surface area (Å²) >= 11 is 0. The van der Waals surface area contributed by atoms with E-state index in [1.807, 2.05) is 48.5 Å². The Bertz CT molecular complexity index is 1150. The number of carbonyl (C=O) groups is 3. The van der Waals surface area contributed by atoms with Crippen molar-refractivity contribution in [2.24, 2.45) is 0 Å². The minimum atomic E-state index is -3.40. The zero-order valence-electron chi connectivity index (χ0n) is 19.8. The monoisotopic (exact) mass is 502 g/mol. The van der Waals surface area contributed by atoms with Crippen molar-refractivity contribution < 1.29 is 32.6 Å². The fourth-order valence-electron chi connectivity index (χ4n) is 4.25. The summed E-state index contributed by atoms with van der Waals surface area (Å²) in [6.07, 6.45) is -0.202. The predicted molar refractivity (Wildman–Crippen MR) is 131 cm³/mol. The van der Waals surface area contributed by atoms with Crippen LogP contribution in [0.3, 0.4) is 0 Å². The molecule has 1 atom stereocenters. The number of nitrogens with zero attached hydrogens (tertiary/aromatic N) is 1. The van der Waals surface area contributed by atoms with Crippen LogP contribution < -0.4 is 5.32 Å². The Hall–Kier alpha value is -3.40. The molecule has 2 aromatic rings. The number of nitrogens with one attached hydrogen (secondary N) is 1. The summed E-state index contributed by atoms with van der Waals surface area (Å²) in [6.45, 7) is 1.89. The molecular weight excluding hydrogens is 472 g/mol. The Morgan fingerprint density at radius 1 is 1.06 bits per heavy atom. The lowest BCUT2D eigenvalue weighted by Gasteiger charge is -2.26. The van der Waals surface area contributed by atoms with Crippen molar-refractivity contribution in [3.8, 4) is 11.1 Å². The quantitative estimate of drug-likeness (QED) is 0.483. The van der Waals surface area contributed by atoms with Crippen molar-refractivity contribution in [2.75, 3.05) is 31.7 Å². The first-order valence-electron chi connectivity index (χ1n) is 11.4. The van der Waals surface area contributed by atoms with E-state index >= 15 is 0 Å². The van der Waals surface area contributed by atoms with Gasteiger partial charge >= 0.3 is 12.1 Å². The number of hydrogen-bond acceptors (Lipinski definition) is 6. The topological polar surface area (TPSA) is 130 Å². The Kier molecular flexibility index (Phi) is 8.50. The summed E-state index contributed by atoms with van der Waals surface area (Å²) in [5, 5.41) is 11.4. The lowest BCUT2D eigenvalue weighted by atomic mass is 9.98. The highest BCUT2D eigenvalue weighted by Gasteiger charge is 2.31. The van der Waals surface area contributed by atoms with Gasteiger partial charge in [0.1, 0.15) is 22.5 Å². The maximum Gasteiger partial charge on any atom is 0.407 e. The Morgan fingerprint density at radius 2 is 1.63 bits per heavy atom. The summed E-state index contributed by atoms with van der Waals surface area (Å²) < 4.78 is 28.9. The van der Waals surface area contributed by atoms with Crippen LogP contribution >= 0.6 is 0 Å². The number of fused-ring (bicyclic) bond motifs is 3. The molecule has 9 nitrogen and oxygen atoms in total. The molecule has 0 bridgehead atoms. The highest BCUT2D eigenvalue weighted by molar-refractivity contribution is 7.90. The fourth-order valence-corrected chi connectivity index (χ4v) is 4.91. The maximum absolute atomic E-state index is 13.0. The molecule has 10 heteroatoms. The molecule has 2 aromatic carbocycles. The van der Waals surface area contributed by atoms with E-state index < -0.39 is 33.8 Å². The van der Waals surface area contributed by atoms with Crippen LogP contribution in [0, 0.1) is 0 Å². The molecule has 0 aliphatic heterocycles. The van der Waals surface area contributed by atoms with Gasteiger partial charge in [0.05, 0.1) is 12.2 Å². The second kappa shape index (κ2) is 11.4. The Balaban J connectivity index is 1.70. The molecule has 2 N–H and O–H groups in total. The molecule has 3 rings (SSSR count). The van der Waals surface area contributed by atoms with Crippen LogP contribution in [0.4, 0.5) is 4.79 Å². The number of carboxylic acid groups (broad SMARTS) is 1. The fraction of sp³-hybridized carbons (Fsp3) is 0.400. The van der Waals surface area contributed by atoms with Crippen LogP contribution in [0.5, 0.6) is 0 Å². The van der Waals surface area contributed by atoms with E-state index in [9.17, 15) is 22.8 Å².